The molecule has 0 fully saturated rings. The maximum atomic E-state index is 6.83. The van der Waals surface area contributed by atoms with Crippen LogP contribution in [0.4, 0.5) is 17.1 Å². The first-order chi connectivity index (χ1) is 26.5. The van der Waals surface area contributed by atoms with Crippen molar-refractivity contribution < 1.29 is 4.42 Å². The molecule has 2 heterocycles. The quantitative estimate of drug-likeness (QED) is 0.173. The molecule has 10 rings (SSSR count). The van der Waals surface area contributed by atoms with Crippen molar-refractivity contribution >= 4 is 60.8 Å². The Morgan fingerprint density at radius 2 is 1.11 bits per heavy atom. The highest BCUT2D eigenvalue weighted by atomic mass is 16.3. The van der Waals surface area contributed by atoms with Crippen molar-refractivity contribution in [3.05, 3.63) is 193 Å². The molecule has 258 valence electrons. The minimum Gasteiger partial charge on any atom is -0.455 e. The van der Waals surface area contributed by atoms with Crippen molar-refractivity contribution in [2.75, 3.05) is 4.90 Å². The molecule has 0 atom stereocenters. The Hall–Kier alpha value is -6.84. The van der Waals surface area contributed by atoms with Gasteiger partial charge in [0.25, 0.3) is 0 Å². The number of anilines is 3. The normalized spacial score (nSPS) is 11.6. The fraction of sp³-hybridized carbons (Fsp3) is 0.0588. The van der Waals surface area contributed by atoms with Gasteiger partial charge in [-0.2, -0.15) is 0 Å². The summed E-state index contributed by atoms with van der Waals surface area (Å²) in [7, 11) is 0. The van der Waals surface area contributed by atoms with E-state index in [0.717, 1.165) is 55.8 Å². The molecule has 10 aromatic rings. The number of furan rings is 1. The van der Waals surface area contributed by atoms with Gasteiger partial charge in [0.15, 0.2) is 0 Å². The highest BCUT2D eigenvalue weighted by Gasteiger charge is 2.23. The summed E-state index contributed by atoms with van der Waals surface area (Å²) in [6.07, 6.45) is 0. The molecule has 8 aromatic carbocycles. The molecule has 0 bridgehead atoms. The van der Waals surface area contributed by atoms with E-state index in [0.29, 0.717) is 0 Å². The van der Waals surface area contributed by atoms with Crippen LogP contribution in [-0.4, -0.2) is 4.57 Å². The summed E-state index contributed by atoms with van der Waals surface area (Å²) in [5.41, 5.74) is 17.0. The van der Waals surface area contributed by atoms with Crippen molar-refractivity contribution in [2.24, 2.45) is 0 Å². The van der Waals surface area contributed by atoms with Crippen molar-refractivity contribution in [3.63, 3.8) is 0 Å². The summed E-state index contributed by atoms with van der Waals surface area (Å²) in [5.74, 6) is 0. The summed E-state index contributed by atoms with van der Waals surface area (Å²) >= 11 is 0. The van der Waals surface area contributed by atoms with Crippen LogP contribution in [0.2, 0.25) is 0 Å². The third kappa shape index (κ3) is 5.12. The van der Waals surface area contributed by atoms with Crippen molar-refractivity contribution in [1.29, 1.82) is 0 Å². The van der Waals surface area contributed by atoms with Gasteiger partial charge in [-0.1, -0.05) is 109 Å². The summed E-state index contributed by atoms with van der Waals surface area (Å²) in [4.78, 5) is 2.40. The average Bonchev–Trinajstić information content (AvgIpc) is 3.75. The third-order valence-electron chi connectivity index (χ3n) is 10.9. The Morgan fingerprint density at radius 1 is 0.481 bits per heavy atom. The van der Waals surface area contributed by atoms with E-state index in [2.05, 4.69) is 206 Å². The molecule has 0 unspecified atom stereocenters. The second-order valence-electron chi connectivity index (χ2n) is 14.3. The van der Waals surface area contributed by atoms with Crippen molar-refractivity contribution in [2.45, 2.75) is 20.8 Å². The molecule has 0 radical (unpaired) electrons. The molecular weight excluding hydrogens is 657 g/mol. The lowest BCUT2D eigenvalue weighted by atomic mass is 9.94. The van der Waals surface area contributed by atoms with E-state index in [1.807, 2.05) is 0 Å². The van der Waals surface area contributed by atoms with Crippen LogP contribution in [0, 0.1) is 20.8 Å². The minimum absolute atomic E-state index is 0.874. The second-order valence-corrected chi connectivity index (χ2v) is 14.3. The summed E-state index contributed by atoms with van der Waals surface area (Å²) < 4.78 is 9.20. The molecule has 0 spiro atoms. The number of hydrogen-bond acceptors (Lipinski definition) is 2. The lowest BCUT2D eigenvalue weighted by Gasteiger charge is -2.28. The number of para-hydroxylation sites is 3. The van der Waals surface area contributed by atoms with E-state index in [9.17, 15) is 0 Å². The van der Waals surface area contributed by atoms with Crippen LogP contribution >= 0.6 is 0 Å². The molecule has 0 saturated carbocycles. The van der Waals surface area contributed by atoms with Crippen molar-refractivity contribution in [3.8, 4) is 27.9 Å². The number of nitrogens with zero attached hydrogens (tertiary/aromatic N) is 2. The number of aryl methyl sites for hydroxylation is 3. The summed E-state index contributed by atoms with van der Waals surface area (Å²) in [6.45, 7) is 6.61. The molecule has 0 aliphatic rings. The van der Waals surface area contributed by atoms with Gasteiger partial charge in [0, 0.05) is 38.8 Å². The third-order valence-corrected chi connectivity index (χ3v) is 10.9. The van der Waals surface area contributed by atoms with Gasteiger partial charge >= 0.3 is 0 Å². The maximum Gasteiger partial charge on any atom is 0.145 e. The van der Waals surface area contributed by atoms with Crippen LogP contribution in [0.3, 0.4) is 0 Å². The number of benzene rings is 8. The van der Waals surface area contributed by atoms with Crippen LogP contribution in [0.15, 0.2) is 180 Å². The molecular formula is C51H38N2O. The summed E-state index contributed by atoms with van der Waals surface area (Å²) in [5, 5.41) is 4.71. The standard InChI is InChI=1S/C51H38N2O/c1-33-14-13-17-39(30-33)52(40-31-34(2)49(35(3)32-40)37-15-5-4-6-16-37)47-29-28-41(51-50(47)44-20-9-12-23-48(44)54-51)36-24-26-38(27-25-36)53-45-21-10-7-18-42(45)43-19-8-11-22-46(43)53/h4-32H,1-3H3. The van der Waals surface area contributed by atoms with E-state index in [4.69, 9.17) is 4.42 Å². The first-order valence-corrected chi connectivity index (χ1v) is 18.6. The van der Waals surface area contributed by atoms with E-state index in [1.54, 1.807) is 0 Å². The fourth-order valence-electron chi connectivity index (χ4n) is 8.54. The van der Waals surface area contributed by atoms with E-state index in [1.165, 1.54) is 49.6 Å². The van der Waals surface area contributed by atoms with Crippen molar-refractivity contribution in [1.82, 2.24) is 4.57 Å². The molecule has 2 aromatic heterocycles. The minimum atomic E-state index is 0.874. The Labute approximate surface area is 315 Å². The molecule has 0 aliphatic heterocycles. The highest BCUT2D eigenvalue weighted by molar-refractivity contribution is 6.17. The first-order valence-electron chi connectivity index (χ1n) is 18.6. The molecule has 3 nitrogen and oxygen atoms in total. The highest BCUT2D eigenvalue weighted by Crippen LogP contribution is 2.47. The van der Waals surface area contributed by atoms with Gasteiger partial charge in [-0.05, 0) is 121 Å². The van der Waals surface area contributed by atoms with Crippen LogP contribution < -0.4 is 4.90 Å². The van der Waals surface area contributed by atoms with Gasteiger partial charge in [0.1, 0.15) is 11.2 Å². The average molecular weight is 695 g/mol. The Bertz CT molecular complexity index is 2940. The van der Waals surface area contributed by atoms with Gasteiger partial charge in [0.05, 0.1) is 22.1 Å². The van der Waals surface area contributed by atoms with Gasteiger partial charge in [-0.25, -0.2) is 0 Å². The van der Waals surface area contributed by atoms with E-state index in [-0.39, 0.29) is 0 Å². The van der Waals surface area contributed by atoms with Gasteiger partial charge in [-0.3, -0.25) is 0 Å². The molecule has 0 saturated heterocycles. The topological polar surface area (TPSA) is 21.3 Å². The SMILES string of the molecule is Cc1cccc(N(c2cc(C)c(-c3ccccc3)c(C)c2)c2ccc(-c3ccc(-n4c5ccccc5c5ccccc54)cc3)c3oc4ccccc4c23)c1. The van der Waals surface area contributed by atoms with E-state index >= 15 is 0 Å². The predicted octanol–water partition coefficient (Wildman–Crippen LogP) is 14.4. The second kappa shape index (κ2) is 12.7. The number of rotatable bonds is 6. The number of aromatic nitrogens is 1. The Balaban J connectivity index is 1.16. The zero-order valence-corrected chi connectivity index (χ0v) is 30.5. The van der Waals surface area contributed by atoms with Gasteiger partial charge < -0.3 is 13.9 Å². The monoisotopic (exact) mass is 694 g/mol. The van der Waals surface area contributed by atoms with Crippen LogP contribution in [0.1, 0.15) is 16.7 Å². The predicted molar refractivity (Wildman–Crippen MR) is 228 cm³/mol. The Kier molecular flexibility index (Phi) is 7.48. The van der Waals surface area contributed by atoms with Crippen LogP contribution in [-0.2, 0) is 0 Å². The largest absolute Gasteiger partial charge is 0.455 e. The smallest absolute Gasteiger partial charge is 0.145 e. The van der Waals surface area contributed by atoms with Gasteiger partial charge in [0.2, 0.25) is 0 Å². The maximum absolute atomic E-state index is 6.83. The molecule has 0 aliphatic carbocycles. The molecule has 0 N–H and O–H groups in total. The van der Waals surface area contributed by atoms with Gasteiger partial charge in [-0.15, -0.1) is 0 Å². The number of hydrogen-bond donors (Lipinski definition) is 0. The van der Waals surface area contributed by atoms with Crippen LogP contribution in [0.25, 0.3) is 71.7 Å². The lowest BCUT2D eigenvalue weighted by Crippen LogP contribution is -2.11. The summed E-state index contributed by atoms with van der Waals surface area (Å²) in [6, 6.07) is 63.3. The fourth-order valence-corrected chi connectivity index (χ4v) is 8.54. The van der Waals surface area contributed by atoms with E-state index < -0.39 is 0 Å². The zero-order chi connectivity index (χ0) is 36.3. The number of fused-ring (bicyclic) bond motifs is 6. The zero-order valence-electron chi connectivity index (χ0n) is 30.5. The molecule has 54 heavy (non-hydrogen) atoms. The molecule has 3 heteroatoms. The first kappa shape index (κ1) is 31.9. The molecule has 0 amide bonds. The Morgan fingerprint density at radius 3 is 1.80 bits per heavy atom. The lowest BCUT2D eigenvalue weighted by molar-refractivity contribution is 0.670. The van der Waals surface area contributed by atoms with Crippen LogP contribution in [0.5, 0.6) is 0 Å².